The van der Waals surface area contributed by atoms with Gasteiger partial charge in [-0.15, -0.1) is 0 Å². The average molecular weight is 377 g/mol. The third kappa shape index (κ3) is 3.38. The van der Waals surface area contributed by atoms with E-state index in [1.165, 1.54) is 6.07 Å². The van der Waals surface area contributed by atoms with Crippen LogP contribution in [0.3, 0.4) is 0 Å². The molecule has 27 heavy (non-hydrogen) atoms. The Labute approximate surface area is 153 Å². The molecule has 2 N–H and O–H groups in total. The highest BCUT2D eigenvalue weighted by Gasteiger charge is 2.37. The first-order valence-electron chi connectivity index (χ1n) is 8.59. The summed E-state index contributed by atoms with van der Waals surface area (Å²) in [6, 6.07) is 9.12. The fraction of sp³-hybridized carbons (Fsp3) is 0.316. The van der Waals surface area contributed by atoms with Crippen LogP contribution in [0.5, 0.6) is 0 Å². The van der Waals surface area contributed by atoms with E-state index in [1.54, 1.807) is 6.20 Å². The van der Waals surface area contributed by atoms with Gasteiger partial charge < -0.3 is 19.7 Å². The van der Waals surface area contributed by atoms with Gasteiger partial charge in [0.2, 0.25) is 0 Å². The summed E-state index contributed by atoms with van der Waals surface area (Å²) in [5.74, 6) is 0. The second-order valence-electron chi connectivity index (χ2n) is 6.40. The lowest BCUT2D eigenvalue weighted by molar-refractivity contribution is -0.137. The number of halogens is 3. The van der Waals surface area contributed by atoms with Gasteiger partial charge in [-0.2, -0.15) is 13.2 Å². The molecule has 0 atom stereocenters. The number of pyridine rings is 1. The lowest BCUT2D eigenvalue weighted by atomic mass is 10.0. The molecule has 1 saturated heterocycles. The number of nitrogens with one attached hydrogen (secondary N) is 1. The minimum atomic E-state index is -4.58. The number of hydrogen-bond donors (Lipinski definition) is 2. The molecule has 8 heteroatoms. The summed E-state index contributed by atoms with van der Waals surface area (Å²) in [6.07, 6.45) is -3.04. The fourth-order valence-electron chi connectivity index (χ4n) is 3.43. The van der Waals surface area contributed by atoms with Crippen molar-refractivity contribution in [3.63, 3.8) is 0 Å². The first-order valence-corrected chi connectivity index (χ1v) is 8.59. The van der Waals surface area contributed by atoms with Crippen LogP contribution in [0, 0.1) is 0 Å². The number of alkyl halides is 3. The van der Waals surface area contributed by atoms with Gasteiger partial charge in [0.1, 0.15) is 5.65 Å². The molecule has 0 saturated carbocycles. The molecule has 142 valence electrons. The number of H-pyrrole nitrogens is 1. The maximum atomic E-state index is 13.5. The first kappa shape index (κ1) is 17.8. The monoisotopic (exact) mass is 377 g/mol. The van der Waals surface area contributed by atoms with E-state index in [4.69, 9.17) is 4.74 Å². The number of anilines is 1. The van der Waals surface area contributed by atoms with Crippen LogP contribution in [0.15, 0.2) is 36.5 Å². The lowest BCUT2D eigenvalue weighted by Crippen LogP contribution is -2.36. The number of nitrogens with zero attached hydrogens (tertiary/aromatic N) is 2. The lowest BCUT2D eigenvalue weighted by Gasteiger charge is -2.29. The summed E-state index contributed by atoms with van der Waals surface area (Å²) in [5, 5.41) is 9.23. The second kappa shape index (κ2) is 6.86. The van der Waals surface area contributed by atoms with Crippen LogP contribution in [-0.4, -0.2) is 41.4 Å². The van der Waals surface area contributed by atoms with Crippen molar-refractivity contribution < 1.29 is 23.0 Å². The number of morpholine rings is 1. The SMILES string of the molecule is OCc1[nH]c2ncc(-c3cccc(N4CCOCC4)c3)cc2c1C(F)(F)F. The maximum Gasteiger partial charge on any atom is 0.418 e. The Kier molecular flexibility index (Phi) is 4.53. The van der Waals surface area contributed by atoms with Crippen molar-refractivity contribution in [2.75, 3.05) is 31.2 Å². The molecule has 0 bridgehead atoms. The molecule has 3 aromatic rings. The Balaban J connectivity index is 1.78. The Hall–Kier alpha value is -2.58. The molecule has 5 nitrogen and oxygen atoms in total. The van der Waals surface area contributed by atoms with Crippen LogP contribution < -0.4 is 4.90 Å². The smallest absolute Gasteiger partial charge is 0.390 e. The highest BCUT2D eigenvalue weighted by molar-refractivity contribution is 5.86. The predicted octanol–water partition coefficient (Wildman–Crippen LogP) is 3.58. The average Bonchev–Trinajstić information content (AvgIpc) is 3.07. The van der Waals surface area contributed by atoms with E-state index in [-0.39, 0.29) is 16.7 Å². The van der Waals surface area contributed by atoms with Gasteiger partial charge in [0.25, 0.3) is 0 Å². The molecule has 1 aromatic carbocycles. The van der Waals surface area contributed by atoms with Crippen LogP contribution in [-0.2, 0) is 17.5 Å². The van der Waals surface area contributed by atoms with Gasteiger partial charge in [0.15, 0.2) is 0 Å². The van der Waals surface area contributed by atoms with Crippen molar-refractivity contribution in [2.45, 2.75) is 12.8 Å². The summed E-state index contributed by atoms with van der Waals surface area (Å²) >= 11 is 0. The molecule has 2 aromatic heterocycles. The number of ether oxygens (including phenoxy) is 1. The predicted molar refractivity (Wildman–Crippen MR) is 95.5 cm³/mol. The third-order valence-electron chi connectivity index (χ3n) is 4.73. The number of aromatic nitrogens is 2. The van der Waals surface area contributed by atoms with E-state index in [0.717, 1.165) is 24.3 Å². The molecule has 0 spiro atoms. The van der Waals surface area contributed by atoms with Gasteiger partial charge in [-0.1, -0.05) is 12.1 Å². The van der Waals surface area contributed by atoms with Gasteiger partial charge in [-0.05, 0) is 23.8 Å². The fourth-order valence-corrected chi connectivity index (χ4v) is 3.43. The minimum absolute atomic E-state index is 0.0409. The zero-order chi connectivity index (χ0) is 19.0. The van der Waals surface area contributed by atoms with E-state index in [9.17, 15) is 18.3 Å². The molecule has 3 heterocycles. The zero-order valence-corrected chi connectivity index (χ0v) is 14.4. The van der Waals surface area contributed by atoms with Crippen LogP contribution in [0.25, 0.3) is 22.2 Å². The molecule has 0 aliphatic carbocycles. The summed E-state index contributed by atoms with van der Waals surface area (Å²) in [4.78, 5) is 8.88. The summed E-state index contributed by atoms with van der Waals surface area (Å²) in [6.45, 7) is 2.13. The Bertz CT molecular complexity index is 962. The molecular formula is C19H18F3N3O2. The Morgan fingerprint density at radius 3 is 2.63 bits per heavy atom. The number of rotatable bonds is 3. The summed E-state index contributed by atoms with van der Waals surface area (Å²) < 4.78 is 45.7. The molecule has 0 unspecified atom stereocenters. The number of fused-ring (bicyclic) bond motifs is 1. The number of aromatic amines is 1. The van der Waals surface area contributed by atoms with Gasteiger partial charge in [0, 0.05) is 35.9 Å². The molecule has 1 fully saturated rings. The first-order chi connectivity index (χ1) is 13.0. The number of aliphatic hydroxyl groups excluding tert-OH is 1. The Morgan fingerprint density at radius 2 is 1.93 bits per heavy atom. The van der Waals surface area contributed by atoms with E-state index in [0.29, 0.717) is 18.8 Å². The largest absolute Gasteiger partial charge is 0.418 e. The van der Waals surface area contributed by atoms with Gasteiger partial charge >= 0.3 is 6.18 Å². The van der Waals surface area contributed by atoms with Crippen LogP contribution in [0.2, 0.25) is 0 Å². The molecule has 4 rings (SSSR count). The number of benzene rings is 1. The normalized spacial score (nSPS) is 15.5. The highest BCUT2D eigenvalue weighted by atomic mass is 19.4. The third-order valence-corrected chi connectivity index (χ3v) is 4.73. The quantitative estimate of drug-likeness (QED) is 0.733. The Morgan fingerprint density at radius 1 is 1.15 bits per heavy atom. The zero-order valence-electron chi connectivity index (χ0n) is 14.4. The van der Waals surface area contributed by atoms with Crippen molar-refractivity contribution >= 4 is 16.7 Å². The van der Waals surface area contributed by atoms with Crippen LogP contribution in [0.1, 0.15) is 11.3 Å². The van der Waals surface area contributed by atoms with Crippen molar-refractivity contribution in [1.82, 2.24) is 9.97 Å². The number of hydrogen-bond acceptors (Lipinski definition) is 4. The van der Waals surface area contributed by atoms with Gasteiger partial charge in [0.05, 0.1) is 31.1 Å². The minimum Gasteiger partial charge on any atom is -0.390 e. The van der Waals surface area contributed by atoms with Crippen molar-refractivity contribution in [2.24, 2.45) is 0 Å². The molecule has 1 aliphatic rings. The maximum absolute atomic E-state index is 13.5. The highest BCUT2D eigenvalue weighted by Crippen LogP contribution is 2.38. The van der Waals surface area contributed by atoms with Gasteiger partial charge in [-0.3, -0.25) is 0 Å². The van der Waals surface area contributed by atoms with E-state index in [2.05, 4.69) is 14.9 Å². The molecule has 0 amide bonds. The molecular weight excluding hydrogens is 359 g/mol. The molecule has 0 radical (unpaired) electrons. The van der Waals surface area contributed by atoms with Crippen LogP contribution in [0.4, 0.5) is 18.9 Å². The topological polar surface area (TPSA) is 61.4 Å². The van der Waals surface area contributed by atoms with Gasteiger partial charge in [-0.25, -0.2) is 4.98 Å². The van der Waals surface area contributed by atoms with E-state index < -0.39 is 18.3 Å². The second-order valence-corrected chi connectivity index (χ2v) is 6.40. The van der Waals surface area contributed by atoms with Crippen molar-refractivity contribution in [1.29, 1.82) is 0 Å². The van der Waals surface area contributed by atoms with Crippen molar-refractivity contribution in [3.8, 4) is 11.1 Å². The van der Waals surface area contributed by atoms with E-state index in [1.807, 2.05) is 24.3 Å². The summed E-state index contributed by atoms with van der Waals surface area (Å²) in [5.41, 5.74) is 1.35. The standard InChI is InChI=1S/C19H18F3N3O2/c20-19(21,22)17-15-9-13(10-23-18(15)24-16(17)11-26)12-2-1-3-14(8-12)25-4-6-27-7-5-25/h1-3,8-10,26H,4-7,11H2,(H,23,24). The van der Waals surface area contributed by atoms with Crippen molar-refractivity contribution in [3.05, 3.63) is 47.8 Å². The summed E-state index contributed by atoms with van der Waals surface area (Å²) in [7, 11) is 0. The van der Waals surface area contributed by atoms with Crippen LogP contribution >= 0.6 is 0 Å². The number of aliphatic hydroxyl groups is 1. The molecule has 1 aliphatic heterocycles. The van der Waals surface area contributed by atoms with E-state index >= 15 is 0 Å².